The van der Waals surface area contributed by atoms with Crippen LogP contribution in [-0.2, 0) is 0 Å². The van der Waals surface area contributed by atoms with Crippen LogP contribution in [0.4, 0.5) is 14.5 Å². The molecule has 1 fully saturated rings. The minimum atomic E-state index is -0.847. The van der Waals surface area contributed by atoms with Gasteiger partial charge in [0.1, 0.15) is 18.5 Å². The van der Waals surface area contributed by atoms with E-state index in [0.717, 1.165) is 17.0 Å². The van der Waals surface area contributed by atoms with Crippen LogP contribution in [0, 0.1) is 11.6 Å². The molecule has 0 radical (unpaired) electrons. The lowest BCUT2D eigenvalue weighted by Gasteiger charge is -2.36. The fourth-order valence-corrected chi connectivity index (χ4v) is 3.64. The Balaban J connectivity index is 1.26. The molecular formula is C22H23F2N3O3. The molecule has 8 heteroatoms. The van der Waals surface area contributed by atoms with Gasteiger partial charge in [0.25, 0.3) is 0 Å². The summed E-state index contributed by atoms with van der Waals surface area (Å²) >= 11 is 0. The van der Waals surface area contributed by atoms with Gasteiger partial charge in [-0.2, -0.15) is 0 Å². The lowest BCUT2D eigenvalue weighted by Crippen LogP contribution is -2.49. The highest BCUT2D eigenvalue weighted by atomic mass is 19.2. The Kier molecular flexibility index (Phi) is 5.96. The van der Waals surface area contributed by atoms with Crippen molar-refractivity contribution in [2.75, 3.05) is 44.2 Å². The maximum atomic E-state index is 13.4. The normalized spacial score (nSPS) is 16.0. The second kappa shape index (κ2) is 8.81. The van der Waals surface area contributed by atoms with E-state index in [-0.39, 0.29) is 12.2 Å². The van der Waals surface area contributed by atoms with Gasteiger partial charge in [-0.15, -0.1) is 0 Å². The quantitative estimate of drug-likeness (QED) is 0.647. The Morgan fingerprint density at radius 1 is 1.00 bits per heavy atom. The summed E-state index contributed by atoms with van der Waals surface area (Å²) in [7, 11) is 0. The van der Waals surface area contributed by atoms with Gasteiger partial charge in [0.15, 0.2) is 11.6 Å². The molecule has 6 nitrogen and oxygen atoms in total. The fraction of sp³-hybridized carbons (Fsp3) is 0.318. The summed E-state index contributed by atoms with van der Waals surface area (Å²) in [4.78, 5) is 18.2. The summed E-state index contributed by atoms with van der Waals surface area (Å²) in [5.41, 5.74) is 1.24. The number of hydrogen-bond donors (Lipinski definition) is 2. The first-order valence-electron chi connectivity index (χ1n) is 9.84. The van der Waals surface area contributed by atoms with E-state index in [0.29, 0.717) is 44.2 Å². The highest BCUT2D eigenvalue weighted by Crippen LogP contribution is 2.20. The number of H-pyrrole nitrogens is 1. The molecule has 0 saturated carbocycles. The van der Waals surface area contributed by atoms with Gasteiger partial charge in [-0.25, -0.2) is 8.78 Å². The zero-order chi connectivity index (χ0) is 21.1. The molecule has 4 rings (SSSR count). The van der Waals surface area contributed by atoms with Crippen molar-refractivity contribution in [1.29, 1.82) is 0 Å². The summed E-state index contributed by atoms with van der Waals surface area (Å²) in [5, 5.41) is 11.2. The fourth-order valence-electron chi connectivity index (χ4n) is 3.64. The third-order valence-electron chi connectivity index (χ3n) is 5.25. The number of piperazine rings is 1. The third-order valence-corrected chi connectivity index (χ3v) is 5.25. The number of fused-ring (bicyclic) bond motifs is 1. The Morgan fingerprint density at radius 2 is 1.80 bits per heavy atom. The van der Waals surface area contributed by atoms with Crippen LogP contribution in [-0.4, -0.2) is 60.4 Å². The summed E-state index contributed by atoms with van der Waals surface area (Å²) in [5.74, 6) is -1.07. The molecule has 0 aliphatic carbocycles. The van der Waals surface area contributed by atoms with Gasteiger partial charge in [0, 0.05) is 61.4 Å². The molecule has 0 unspecified atom stereocenters. The van der Waals surface area contributed by atoms with E-state index >= 15 is 0 Å². The standard InChI is InChI=1S/C22H23F2N3O3/c23-19-4-2-16(12-20(19)24)27-9-7-26(8-10-27)13-17(28)14-30-18-3-5-21-15(11-18)1-6-22(29)25-21/h1-6,11-12,17,28H,7-10,13-14H2,(H,25,29)/t17-/m1/s1. The number of aromatic amines is 1. The van der Waals surface area contributed by atoms with E-state index < -0.39 is 17.7 Å². The van der Waals surface area contributed by atoms with Crippen LogP contribution in [0.2, 0.25) is 0 Å². The Bertz CT molecular complexity index is 1080. The summed E-state index contributed by atoms with van der Waals surface area (Å²) < 4.78 is 32.2. The van der Waals surface area contributed by atoms with E-state index in [4.69, 9.17) is 4.74 Å². The molecule has 1 aliphatic rings. The number of halogens is 2. The molecular weight excluding hydrogens is 392 g/mol. The van der Waals surface area contributed by atoms with Crippen molar-refractivity contribution in [2.45, 2.75) is 6.10 Å². The van der Waals surface area contributed by atoms with Crippen molar-refractivity contribution >= 4 is 16.6 Å². The lowest BCUT2D eigenvalue weighted by atomic mass is 10.2. The van der Waals surface area contributed by atoms with Crippen LogP contribution in [0.1, 0.15) is 0 Å². The first-order valence-corrected chi connectivity index (χ1v) is 9.84. The number of nitrogens with one attached hydrogen (secondary N) is 1. The smallest absolute Gasteiger partial charge is 0.248 e. The first-order chi connectivity index (χ1) is 14.5. The second-order valence-electron chi connectivity index (χ2n) is 7.42. The maximum Gasteiger partial charge on any atom is 0.248 e. The number of aliphatic hydroxyl groups is 1. The van der Waals surface area contributed by atoms with Gasteiger partial charge in [-0.1, -0.05) is 0 Å². The second-order valence-corrected chi connectivity index (χ2v) is 7.42. The molecule has 1 saturated heterocycles. The van der Waals surface area contributed by atoms with Crippen LogP contribution in [0.15, 0.2) is 53.3 Å². The van der Waals surface area contributed by atoms with Gasteiger partial charge in [0.2, 0.25) is 5.56 Å². The average Bonchev–Trinajstić information content (AvgIpc) is 2.75. The molecule has 2 aromatic carbocycles. The van der Waals surface area contributed by atoms with Crippen LogP contribution < -0.4 is 15.2 Å². The zero-order valence-corrected chi connectivity index (χ0v) is 16.4. The molecule has 0 spiro atoms. The summed E-state index contributed by atoms with van der Waals surface area (Å²) in [6.45, 7) is 3.37. The number of aliphatic hydroxyl groups excluding tert-OH is 1. The maximum absolute atomic E-state index is 13.4. The number of nitrogens with zero attached hydrogens (tertiary/aromatic N) is 2. The van der Waals surface area contributed by atoms with Crippen molar-refractivity contribution < 1.29 is 18.6 Å². The molecule has 1 atom stereocenters. The number of β-amino-alcohol motifs (C(OH)–C–C–N with tert-alkyl or cyclic N) is 1. The van der Waals surface area contributed by atoms with Gasteiger partial charge >= 0.3 is 0 Å². The van der Waals surface area contributed by atoms with Crippen LogP contribution in [0.3, 0.4) is 0 Å². The third kappa shape index (κ3) is 4.77. The van der Waals surface area contributed by atoms with Crippen molar-refractivity contribution in [3.8, 4) is 5.75 Å². The van der Waals surface area contributed by atoms with Crippen LogP contribution >= 0.6 is 0 Å². The van der Waals surface area contributed by atoms with Gasteiger partial charge < -0.3 is 19.7 Å². The molecule has 1 aromatic heterocycles. The largest absolute Gasteiger partial charge is 0.491 e. The number of ether oxygens (including phenoxy) is 1. The summed E-state index contributed by atoms with van der Waals surface area (Å²) in [6.07, 6.45) is -0.661. The monoisotopic (exact) mass is 415 g/mol. The molecule has 0 amide bonds. The number of pyridine rings is 1. The molecule has 3 aromatic rings. The Morgan fingerprint density at radius 3 is 2.57 bits per heavy atom. The van der Waals surface area contributed by atoms with E-state index in [1.54, 1.807) is 24.3 Å². The highest BCUT2D eigenvalue weighted by molar-refractivity contribution is 5.79. The van der Waals surface area contributed by atoms with Crippen molar-refractivity contribution in [2.24, 2.45) is 0 Å². The minimum Gasteiger partial charge on any atom is -0.491 e. The van der Waals surface area contributed by atoms with E-state index in [2.05, 4.69) is 9.88 Å². The van der Waals surface area contributed by atoms with Gasteiger partial charge in [-0.3, -0.25) is 9.69 Å². The van der Waals surface area contributed by atoms with E-state index in [1.165, 1.54) is 12.1 Å². The molecule has 2 heterocycles. The zero-order valence-electron chi connectivity index (χ0n) is 16.4. The average molecular weight is 415 g/mol. The van der Waals surface area contributed by atoms with Crippen molar-refractivity contribution in [3.05, 3.63) is 70.5 Å². The van der Waals surface area contributed by atoms with Crippen molar-refractivity contribution in [3.63, 3.8) is 0 Å². The van der Waals surface area contributed by atoms with Gasteiger partial charge in [-0.05, 0) is 36.4 Å². The number of rotatable bonds is 6. The molecule has 158 valence electrons. The Labute approximate surface area is 172 Å². The highest BCUT2D eigenvalue weighted by Gasteiger charge is 2.20. The topological polar surface area (TPSA) is 68.8 Å². The molecule has 0 bridgehead atoms. The summed E-state index contributed by atoms with van der Waals surface area (Å²) in [6, 6.07) is 12.5. The number of anilines is 1. The first kappa shape index (κ1) is 20.3. The SMILES string of the molecule is O=c1ccc2cc(OC[C@H](O)CN3CCN(c4ccc(F)c(F)c4)CC3)ccc2[nH]1. The number of aromatic nitrogens is 1. The molecule has 30 heavy (non-hydrogen) atoms. The van der Waals surface area contributed by atoms with Gasteiger partial charge in [0.05, 0.1) is 0 Å². The lowest BCUT2D eigenvalue weighted by molar-refractivity contribution is 0.0663. The van der Waals surface area contributed by atoms with E-state index in [1.807, 2.05) is 11.0 Å². The van der Waals surface area contributed by atoms with Crippen molar-refractivity contribution in [1.82, 2.24) is 9.88 Å². The van der Waals surface area contributed by atoms with Crippen LogP contribution in [0.25, 0.3) is 10.9 Å². The molecule has 2 N–H and O–H groups in total. The predicted octanol–water partition coefficient (Wildman–Crippen LogP) is 2.37. The Hall–Kier alpha value is -2.97. The number of hydrogen-bond acceptors (Lipinski definition) is 5. The number of benzene rings is 2. The van der Waals surface area contributed by atoms with Crippen LogP contribution in [0.5, 0.6) is 5.75 Å². The van der Waals surface area contributed by atoms with E-state index in [9.17, 15) is 18.7 Å². The predicted molar refractivity (Wildman–Crippen MR) is 111 cm³/mol. The molecule has 1 aliphatic heterocycles. The minimum absolute atomic E-state index is 0.151.